The zero-order valence-electron chi connectivity index (χ0n) is 12.2. The standard InChI is InChI=1S/C15H24N2O3/c1-3-8-17-15(2,14(16)19)7-9-20-13-6-4-5-12(10-13)11-18/h4-6,10,17-18H,3,7-9,11H2,1-2H3,(H2,16,19). The Labute approximate surface area is 120 Å². The molecule has 20 heavy (non-hydrogen) atoms. The van der Waals surface area contributed by atoms with Crippen LogP contribution in [0.5, 0.6) is 5.75 Å². The molecule has 4 N–H and O–H groups in total. The van der Waals surface area contributed by atoms with E-state index in [0.29, 0.717) is 18.8 Å². The number of nitrogens with two attached hydrogens (primary N) is 1. The molecule has 1 amide bonds. The molecule has 0 radical (unpaired) electrons. The molecule has 1 unspecified atom stereocenters. The van der Waals surface area contributed by atoms with Gasteiger partial charge in [-0.3, -0.25) is 4.79 Å². The van der Waals surface area contributed by atoms with Gasteiger partial charge < -0.3 is 20.9 Å². The first-order chi connectivity index (χ1) is 9.51. The van der Waals surface area contributed by atoms with Crippen LogP contribution in [0, 0.1) is 0 Å². The molecule has 1 aromatic rings. The number of nitrogens with one attached hydrogen (secondary N) is 1. The molecule has 112 valence electrons. The van der Waals surface area contributed by atoms with Gasteiger partial charge in [0, 0.05) is 6.42 Å². The second-order valence-electron chi connectivity index (χ2n) is 5.03. The summed E-state index contributed by atoms with van der Waals surface area (Å²) in [6.45, 7) is 4.92. The molecule has 0 aromatic heterocycles. The summed E-state index contributed by atoms with van der Waals surface area (Å²) >= 11 is 0. The topological polar surface area (TPSA) is 84.6 Å². The predicted octanol–water partition coefficient (Wildman–Crippen LogP) is 1.19. The monoisotopic (exact) mass is 280 g/mol. The van der Waals surface area contributed by atoms with Crippen molar-refractivity contribution in [3.05, 3.63) is 29.8 Å². The van der Waals surface area contributed by atoms with Gasteiger partial charge in [-0.25, -0.2) is 0 Å². The van der Waals surface area contributed by atoms with Gasteiger partial charge in [-0.2, -0.15) is 0 Å². The lowest BCUT2D eigenvalue weighted by molar-refractivity contribution is -0.124. The van der Waals surface area contributed by atoms with E-state index < -0.39 is 5.54 Å². The highest BCUT2D eigenvalue weighted by molar-refractivity contribution is 5.84. The minimum Gasteiger partial charge on any atom is -0.493 e. The van der Waals surface area contributed by atoms with Crippen LogP contribution in [0.3, 0.4) is 0 Å². The van der Waals surface area contributed by atoms with Crippen molar-refractivity contribution in [1.82, 2.24) is 5.32 Å². The zero-order valence-corrected chi connectivity index (χ0v) is 12.2. The van der Waals surface area contributed by atoms with Gasteiger partial charge in [0.1, 0.15) is 5.75 Å². The van der Waals surface area contributed by atoms with E-state index in [2.05, 4.69) is 5.32 Å². The van der Waals surface area contributed by atoms with Crippen molar-refractivity contribution in [2.75, 3.05) is 13.2 Å². The second-order valence-corrected chi connectivity index (χ2v) is 5.03. The van der Waals surface area contributed by atoms with Crippen LogP contribution in [0.1, 0.15) is 32.3 Å². The Morgan fingerprint density at radius 3 is 2.85 bits per heavy atom. The summed E-state index contributed by atoms with van der Waals surface area (Å²) in [6, 6.07) is 7.24. The van der Waals surface area contributed by atoms with E-state index in [1.165, 1.54) is 0 Å². The van der Waals surface area contributed by atoms with Gasteiger partial charge in [0.25, 0.3) is 0 Å². The first-order valence-corrected chi connectivity index (χ1v) is 6.89. The lowest BCUT2D eigenvalue weighted by Crippen LogP contribution is -2.54. The Hall–Kier alpha value is -1.59. The van der Waals surface area contributed by atoms with Crippen LogP contribution in [-0.2, 0) is 11.4 Å². The van der Waals surface area contributed by atoms with Crippen LogP contribution in [0.4, 0.5) is 0 Å². The molecular weight excluding hydrogens is 256 g/mol. The van der Waals surface area contributed by atoms with Crippen LogP contribution < -0.4 is 15.8 Å². The molecule has 1 aromatic carbocycles. The number of aliphatic hydroxyl groups excluding tert-OH is 1. The largest absolute Gasteiger partial charge is 0.493 e. The third-order valence-corrected chi connectivity index (χ3v) is 3.26. The smallest absolute Gasteiger partial charge is 0.237 e. The summed E-state index contributed by atoms with van der Waals surface area (Å²) in [5.41, 5.74) is 5.48. The average molecular weight is 280 g/mol. The Morgan fingerprint density at radius 2 is 2.25 bits per heavy atom. The highest BCUT2D eigenvalue weighted by Crippen LogP contribution is 2.15. The summed E-state index contributed by atoms with van der Waals surface area (Å²) in [5.74, 6) is 0.303. The van der Waals surface area contributed by atoms with E-state index >= 15 is 0 Å². The zero-order chi connectivity index (χ0) is 15.0. The Kier molecular flexibility index (Phi) is 6.48. The van der Waals surface area contributed by atoms with Crippen LogP contribution in [-0.4, -0.2) is 29.7 Å². The maximum atomic E-state index is 11.5. The van der Waals surface area contributed by atoms with Crippen LogP contribution in [0.15, 0.2) is 24.3 Å². The third kappa shape index (κ3) is 4.83. The van der Waals surface area contributed by atoms with E-state index in [1.54, 1.807) is 13.0 Å². The number of primary amides is 1. The predicted molar refractivity (Wildman–Crippen MR) is 78.4 cm³/mol. The molecule has 0 spiro atoms. The number of aliphatic hydroxyl groups is 1. The number of rotatable bonds is 9. The number of benzene rings is 1. The van der Waals surface area contributed by atoms with Gasteiger partial charge in [0.05, 0.1) is 18.8 Å². The third-order valence-electron chi connectivity index (χ3n) is 3.26. The number of carbonyl (C=O) groups excluding carboxylic acids is 1. The highest BCUT2D eigenvalue weighted by Gasteiger charge is 2.29. The first-order valence-electron chi connectivity index (χ1n) is 6.89. The number of carbonyl (C=O) groups is 1. The van der Waals surface area contributed by atoms with Crippen molar-refractivity contribution < 1.29 is 14.6 Å². The van der Waals surface area contributed by atoms with E-state index in [4.69, 9.17) is 15.6 Å². The van der Waals surface area contributed by atoms with Crippen LogP contribution >= 0.6 is 0 Å². The molecule has 5 nitrogen and oxygen atoms in total. The molecule has 0 bridgehead atoms. The lowest BCUT2D eigenvalue weighted by atomic mass is 9.97. The average Bonchev–Trinajstić information content (AvgIpc) is 2.45. The maximum absolute atomic E-state index is 11.5. The highest BCUT2D eigenvalue weighted by atomic mass is 16.5. The molecule has 5 heteroatoms. The number of hydrogen-bond donors (Lipinski definition) is 3. The van der Waals surface area contributed by atoms with Gasteiger partial charge >= 0.3 is 0 Å². The summed E-state index contributed by atoms with van der Waals surface area (Å²) in [7, 11) is 0. The molecule has 0 saturated heterocycles. The van der Waals surface area contributed by atoms with Crippen molar-refractivity contribution in [2.45, 2.75) is 38.8 Å². The Bertz CT molecular complexity index is 437. The molecule has 1 atom stereocenters. The molecule has 0 aliphatic carbocycles. The van der Waals surface area contributed by atoms with Gasteiger partial charge in [-0.1, -0.05) is 19.1 Å². The Balaban J connectivity index is 2.53. The molecule has 0 saturated carbocycles. The molecule has 0 heterocycles. The van der Waals surface area contributed by atoms with Crippen molar-refractivity contribution in [3.8, 4) is 5.75 Å². The molecular formula is C15H24N2O3. The van der Waals surface area contributed by atoms with Crippen molar-refractivity contribution in [3.63, 3.8) is 0 Å². The lowest BCUT2D eigenvalue weighted by Gasteiger charge is -2.27. The van der Waals surface area contributed by atoms with Crippen LogP contribution in [0.2, 0.25) is 0 Å². The first kappa shape index (κ1) is 16.5. The number of ether oxygens (including phenoxy) is 1. The van der Waals surface area contributed by atoms with Gasteiger partial charge in [0.15, 0.2) is 0 Å². The van der Waals surface area contributed by atoms with E-state index in [1.807, 2.05) is 25.1 Å². The van der Waals surface area contributed by atoms with Crippen molar-refractivity contribution in [1.29, 1.82) is 0 Å². The second kappa shape index (κ2) is 7.87. The minimum atomic E-state index is -0.759. The molecule has 0 aliphatic heterocycles. The van der Waals surface area contributed by atoms with Gasteiger partial charge in [-0.05, 0) is 37.6 Å². The normalized spacial score (nSPS) is 13.8. The van der Waals surface area contributed by atoms with Crippen molar-refractivity contribution >= 4 is 5.91 Å². The fourth-order valence-corrected chi connectivity index (χ4v) is 1.81. The summed E-state index contributed by atoms with van der Waals surface area (Å²) in [4.78, 5) is 11.5. The molecule has 1 rings (SSSR count). The van der Waals surface area contributed by atoms with E-state index in [-0.39, 0.29) is 12.5 Å². The Morgan fingerprint density at radius 1 is 1.50 bits per heavy atom. The molecule has 0 aliphatic rings. The quantitative estimate of drug-likeness (QED) is 0.634. The fraction of sp³-hybridized carbons (Fsp3) is 0.533. The van der Waals surface area contributed by atoms with E-state index in [9.17, 15) is 4.79 Å². The fourth-order valence-electron chi connectivity index (χ4n) is 1.81. The SMILES string of the molecule is CCCNC(C)(CCOc1cccc(CO)c1)C(N)=O. The van der Waals surface area contributed by atoms with Crippen molar-refractivity contribution in [2.24, 2.45) is 5.73 Å². The maximum Gasteiger partial charge on any atom is 0.237 e. The van der Waals surface area contributed by atoms with E-state index in [0.717, 1.165) is 18.5 Å². The molecule has 0 fully saturated rings. The van der Waals surface area contributed by atoms with Gasteiger partial charge in [-0.15, -0.1) is 0 Å². The summed E-state index contributed by atoms with van der Waals surface area (Å²) in [5, 5.41) is 12.2. The van der Waals surface area contributed by atoms with Crippen LogP contribution in [0.25, 0.3) is 0 Å². The number of hydrogen-bond acceptors (Lipinski definition) is 4. The summed E-state index contributed by atoms with van der Waals surface area (Å²) < 4.78 is 5.62. The van der Waals surface area contributed by atoms with Gasteiger partial charge in [0.2, 0.25) is 5.91 Å². The minimum absolute atomic E-state index is 0.0196. The number of amides is 1. The summed E-state index contributed by atoms with van der Waals surface area (Å²) in [6.07, 6.45) is 1.42.